The highest BCUT2D eigenvalue weighted by molar-refractivity contribution is 5.80. The van der Waals surface area contributed by atoms with E-state index in [1.54, 1.807) is 41.7 Å². The number of nitrogens with zero attached hydrogens (tertiary/aromatic N) is 8. The minimum absolute atomic E-state index is 0.184. The van der Waals surface area contributed by atoms with E-state index in [-0.39, 0.29) is 11.9 Å². The standard InChI is InChI=1S/C30H30FN9O2/c1-30(32,22-2-4-24(31)5-3-22)23-12-33-29(34-13-23)38-8-6-19(7-9-38)28-25-10-20(14-39(25)37-18-35-28)21-11-36-40(15-21)26-16-42-17-27(26)41/h2-6,10-15,18,26-27,41H,7-9,16-17,32H2,1H3/t26-,27+,30?/m1/s1. The van der Waals surface area contributed by atoms with Gasteiger partial charge in [0.25, 0.3) is 0 Å². The van der Waals surface area contributed by atoms with Gasteiger partial charge in [-0.3, -0.25) is 4.68 Å². The Balaban J connectivity index is 1.09. The third-order valence-electron chi connectivity index (χ3n) is 8.18. The smallest absolute Gasteiger partial charge is 0.225 e. The van der Waals surface area contributed by atoms with Crippen LogP contribution in [0, 0.1) is 5.82 Å². The quantitative estimate of drug-likeness (QED) is 0.318. The van der Waals surface area contributed by atoms with Gasteiger partial charge in [-0.2, -0.15) is 10.2 Å². The molecule has 3 N–H and O–H groups in total. The van der Waals surface area contributed by atoms with Crippen molar-refractivity contribution in [3.05, 3.63) is 96.4 Å². The van der Waals surface area contributed by atoms with E-state index in [1.165, 1.54) is 12.1 Å². The van der Waals surface area contributed by atoms with Crippen LogP contribution in [0.5, 0.6) is 0 Å². The van der Waals surface area contributed by atoms with E-state index < -0.39 is 11.6 Å². The zero-order chi connectivity index (χ0) is 28.8. The van der Waals surface area contributed by atoms with Crippen LogP contribution >= 0.6 is 0 Å². The Hall–Kier alpha value is -4.52. The molecule has 0 saturated carbocycles. The van der Waals surface area contributed by atoms with Crippen LogP contribution in [0.2, 0.25) is 0 Å². The number of aromatic nitrogens is 7. The first-order chi connectivity index (χ1) is 20.4. The molecule has 4 aromatic heterocycles. The van der Waals surface area contributed by atoms with Crippen molar-refractivity contribution in [3.8, 4) is 11.1 Å². The maximum Gasteiger partial charge on any atom is 0.225 e. The van der Waals surface area contributed by atoms with Gasteiger partial charge in [0, 0.05) is 54.6 Å². The van der Waals surface area contributed by atoms with Crippen molar-refractivity contribution < 1.29 is 14.2 Å². The van der Waals surface area contributed by atoms with Crippen molar-refractivity contribution in [2.45, 2.75) is 31.0 Å². The normalized spacial score (nSPS) is 20.6. The molecule has 3 atom stereocenters. The van der Waals surface area contributed by atoms with Crippen LogP contribution in [0.4, 0.5) is 10.3 Å². The third kappa shape index (κ3) is 4.73. The molecule has 0 aliphatic carbocycles. The molecule has 1 aromatic carbocycles. The van der Waals surface area contributed by atoms with Crippen LogP contribution in [-0.2, 0) is 10.3 Å². The summed E-state index contributed by atoms with van der Waals surface area (Å²) in [6.45, 7) is 3.99. The Morgan fingerprint density at radius 3 is 2.52 bits per heavy atom. The largest absolute Gasteiger partial charge is 0.388 e. The summed E-state index contributed by atoms with van der Waals surface area (Å²) in [5, 5.41) is 19.1. The van der Waals surface area contributed by atoms with Crippen LogP contribution in [0.3, 0.4) is 0 Å². The maximum atomic E-state index is 13.4. The molecule has 0 radical (unpaired) electrons. The summed E-state index contributed by atoms with van der Waals surface area (Å²) in [4.78, 5) is 15.9. The van der Waals surface area contributed by atoms with Gasteiger partial charge in [0.2, 0.25) is 5.95 Å². The second-order valence-corrected chi connectivity index (χ2v) is 11.0. The average Bonchev–Trinajstić information content (AvgIpc) is 3.77. The highest BCUT2D eigenvalue weighted by Gasteiger charge is 2.29. The third-order valence-corrected chi connectivity index (χ3v) is 8.18. The van der Waals surface area contributed by atoms with Gasteiger partial charge in [-0.15, -0.1) is 0 Å². The van der Waals surface area contributed by atoms with E-state index >= 15 is 0 Å². The zero-order valence-electron chi connectivity index (χ0n) is 23.0. The van der Waals surface area contributed by atoms with E-state index in [9.17, 15) is 9.50 Å². The molecule has 2 aliphatic rings. The predicted molar refractivity (Wildman–Crippen MR) is 154 cm³/mol. The summed E-state index contributed by atoms with van der Waals surface area (Å²) in [6, 6.07) is 8.06. The first-order valence-electron chi connectivity index (χ1n) is 13.8. The molecule has 1 saturated heterocycles. The molecule has 42 heavy (non-hydrogen) atoms. The minimum atomic E-state index is -0.847. The van der Waals surface area contributed by atoms with Gasteiger partial charge < -0.3 is 20.5 Å². The van der Waals surface area contributed by atoms with Gasteiger partial charge in [0.05, 0.1) is 36.2 Å². The molecule has 214 valence electrons. The fourth-order valence-corrected chi connectivity index (χ4v) is 5.57. The molecular weight excluding hydrogens is 537 g/mol. The summed E-state index contributed by atoms with van der Waals surface area (Å²) in [7, 11) is 0. The molecule has 12 heteroatoms. The Kier molecular flexibility index (Phi) is 6.53. The number of benzene rings is 1. The topological polar surface area (TPSA) is 133 Å². The van der Waals surface area contributed by atoms with Crippen molar-refractivity contribution in [2.24, 2.45) is 5.73 Å². The molecule has 7 rings (SSSR count). The lowest BCUT2D eigenvalue weighted by atomic mass is 9.87. The Morgan fingerprint density at radius 2 is 1.81 bits per heavy atom. The number of nitrogens with two attached hydrogens (primary N) is 1. The zero-order valence-corrected chi connectivity index (χ0v) is 23.0. The molecule has 5 aromatic rings. The number of halogens is 1. The lowest BCUT2D eigenvalue weighted by molar-refractivity contribution is 0.118. The number of anilines is 1. The molecule has 0 spiro atoms. The summed E-state index contributed by atoms with van der Waals surface area (Å²) in [5.74, 6) is 0.319. The van der Waals surface area contributed by atoms with E-state index in [2.05, 4.69) is 42.2 Å². The average molecular weight is 568 g/mol. The van der Waals surface area contributed by atoms with Crippen LogP contribution in [0.25, 0.3) is 22.2 Å². The van der Waals surface area contributed by atoms with Gasteiger partial charge in [0.15, 0.2) is 0 Å². The number of fused-ring (bicyclic) bond motifs is 1. The first kappa shape index (κ1) is 26.4. The van der Waals surface area contributed by atoms with E-state index in [1.807, 2.05) is 23.8 Å². The lowest BCUT2D eigenvalue weighted by Gasteiger charge is -2.28. The van der Waals surface area contributed by atoms with Crippen LogP contribution in [0.15, 0.2) is 73.7 Å². The Morgan fingerprint density at radius 1 is 1.00 bits per heavy atom. The van der Waals surface area contributed by atoms with Crippen molar-refractivity contribution in [1.82, 2.24) is 34.3 Å². The molecule has 6 heterocycles. The van der Waals surface area contributed by atoms with E-state index in [0.717, 1.165) is 52.0 Å². The van der Waals surface area contributed by atoms with E-state index in [4.69, 9.17) is 10.5 Å². The van der Waals surface area contributed by atoms with Gasteiger partial charge in [-0.05, 0) is 42.7 Å². The SMILES string of the molecule is CC(N)(c1ccc(F)cc1)c1cnc(N2CC=C(c3ncnn4cc(-c5cnn([C@@H]6COC[C@@H]6O)c5)cc34)CC2)nc1. The lowest BCUT2D eigenvalue weighted by Crippen LogP contribution is -2.35. The number of hydrogen-bond acceptors (Lipinski definition) is 9. The van der Waals surface area contributed by atoms with Gasteiger partial charge >= 0.3 is 0 Å². The van der Waals surface area contributed by atoms with Crippen LogP contribution in [0.1, 0.15) is 36.2 Å². The molecule has 0 amide bonds. The first-order valence-corrected chi connectivity index (χ1v) is 13.8. The fraction of sp³-hybridized carbons (Fsp3) is 0.300. The molecule has 11 nitrogen and oxygen atoms in total. The number of ether oxygens (including phenoxy) is 1. The molecule has 0 bridgehead atoms. The van der Waals surface area contributed by atoms with Crippen molar-refractivity contribution in [1.29, 1.82) is 0 Å². The summed E-state index contributed by atoms with van der Waals surface area (Å²) >= 11 is 0. The minimum Gasteiger partial charge on any atom is -0.388 e. The highest BCUT2D eigenvalue weighted by Crippen LogP contribution is 2.31. The van der Waals surface area contributed by atoms with Crippen molar-refractivity contribution in [3.63, 3.8) is 0 Å². The van der Waals surface area contributed by atoms with Gasteiger partial charge in [-0.1, -0.05) is 18.2 Å². The predicted octanol–water partition coefficient (Wildman–Crippen LogP) is 2.97. The maximum absolute atomic E-state index is 13.4. The van der Waals surface area contributed by atoms with Crippen LogP contribution in [-0.4, -0.2) is 71.9 Å². The van der Waals surface area contributed by atoms with Crippen LogP contribution < -0.4 is 10.6 Å². The number of rotatable bonds is 6. The number of aliphatic hydroxyl groups is 1. The number of aliphatic hydroxyl groups excluding tert-OH is 1. The molecular formula is C30H30FN9O2. The highest BCUT2D eigenvalue weighted by atomic mass is 19.1. The Labute approximate surface area is 241 Å². The van der Waals surface area contributed by atoms with Gasteiger partial charge in [-0.25, -0.2) is 23.9 Å². The number of hydrogen-bond donors (Lipinski definition) is 2. The van der Waals surface area contributed by atoms with Crippen molar-refractivity contribution in [2.75, 3.05) is 31.2 Å². The fourth-order valence-electron chi connectivity index (χ4n) is 5.57. The summed E-state index contributed by atoms with van der Waals surface area (Å²) < 4.78 is 22.4. The summed E-state index contributed by atoms with van der Waals surface area (Å²) in [6.07, 6.45) is 13.1. The molecule has 2 aliphatic heterocycles. The Bertz CT molecular complexity index is 1760. The second-order valence-electron chi connectivity index (χ2n) is 11.0. The molecule has 1 unspecified atom stereocenters. The van der Waals surface area contributed by atoms with Crippen molar-refractivity contribution >= 4 is 17.0 Å². The molecule has 1 fully saturated rings. The summed E-state index contributed by atoms with van der Waals surface area (Å²) in [5.41, 5.74) is 12.1. The second kappa shape index (κ2) is 10.4. The van der Waals surface area contributed by atoms with E-state index in [0.29, 0.717) is 25.7 Å². The monoisotopic (exact) mass is 567 g/mol. The van der Waals surface area contributed by atoms with Gasteiger partial charge in [0.1, 0.15) is 24.3 Å².